The molecular formula is C17H20IN2NaO5S2. The predicted octanol–water partition coefficient (Wildman–Crippen LogP) is -2.05. The Kier molecular flexibility index (Phi) is 11.6. The molecule has 1 aliphatic heterocycles. The van der Waals surface area contributed by atoms with Gasteiger partial charge in [0.1, 0.15) is 6.04 Å². The first kappa shape index (κ1) is 25.9. The molecule has 0 saturated carbocycles. The summed E-state index contributed by atoms with van der Waals surface area (Å²) in [6, 6.07) is 2.91. The number of carboxylic acids is 1. The van der Waals surface area contributed by atoms with E-state index in [1.54, 1.807) is 4.90 Å². The molecule has 0 aliphatic carbocycles. The Labute approximate surface area is 207 Å². The van der Waals surface area contributed by atoms with Crippen LogP contribution < -0.4 is 40.0 Å². The number of thioether (sulfide) groups is 1. The fraction of sp³-hybridized carbons (Fsp3) is 0.529. The average molecular weight is 546 g/mol. The van der Waals surface area contributed by atoms with Crippen molar-refractivity contribution < 1.29 is 53.8 Å². The maximum Gasteiger partial charge on any atom is 1.00 e. The summed E-state index contributed by atoms with van der Waals surface area (Å²) in [5.74, 6) is -1.60. The summed E-state index contributed by atoms with van der Waals surface area (Å²) in [5.41, 5.74) is 0. The largest absolute Gasteiger partial charge is 1.00 e. The van der Waals surface area contributed by atoms with Crippen LogP contribution in [0.3, 0.4) is 0 Å². The molecule has 2 heterocycles. The van der Waals surface area contributed by atoms with Gasteiger partial charge in [0.25, 0.3) is 0 Å². The summed E-state index contributed by atoms with van der Waals surface area (Å²) in [6.07, 6.45) is 0.812. The van der Waals surface area contributed by atoms with E-state index in [1.165, 1.54) is 18.3 Å². The Bertz CT molecular complexity index is 704. The minimum absolute atomic E-state index is 0. The number of carbonyl (C=O) groups is 4. The van der Waals surface area contributed by atoms with Crippen molar-refractivity contribution in [2.45, 2.75) is 50.1 Å². The quantitative estimate of drug-likeness (QED) is 0.157. The molecule has 0 bridgehead atoms. The number of nitrogens with one attached hydrogen (secondary N) is 1. The van der Waals surface area contributed by atoms with Gasteiger partial charge in [-0.2, -0.15) is 0 Å². The molecular weight excluding hydrogens is 526 g/mol. The van der Waals surface area contributed by atoms with Gasteiger partial charge in [-0.15, -0.1) is 11.3 Å². The molecule has 2 rings (SSSR count). The molecule has 1 aliphatic rings. The zero-order valence-electron chi connectivity index (χ0n) is 15.7. The number of nitrogens with zero attached hydrogens (tertiary/aromatic N) is 1. The average Bonchev–Trinajstić information content (AvgIpc) is 3.08. The molecule has 1 unspecified atom stereocenters. The molecule has 1 aromatic heterocycles. The molecule has 0 spiro atoms. The van der Waals surface area contributed by atoms with Crippen LogP contribution in [0.1, 0.15) is 31.1 Å². The van der Waals surface area contributed by atoms with Crippen LogP contribution >= 0.6 is 45.7 Å². The normalized spacial score (nSPS) is 19.4. The number of hydrogen-bond acceptors (Lipinski definition) is 7. The maximum absolute atomic E-state index is 12.6. The minimum Gasteiger partial charge on any atom is -0.550 e. The van der Waals surface area contributed by atoms with Crippen molar-refractivity contribution in [1.82, 2.24) is 10.2 Å². The van der Waals surface area contributed by atoms with Gasteiger partial charge in [0.2, 0.25) is 11.8 Å². The number of halogens is 1. The molecule has 0 aromatic carbocycles. The van der Waals surface area contributed by atoms with E-state index >= 15 is 0 Å². The van der Waals surface area contributed by atoms with Crippen molar-refractivity contribution in [3.05, 3.63) is 22.4 Å². The van der Waals surface area contributed by atoms with Crippen molar-refractivity contribution in [2.24, 2.45) is 0 Å². The summed E-state index contributed by atoms with van der Waals surface area (Å²) in [6.45, 7) is 1.42. The van der Waals surface area contributed by atoms with Gasteiger partial charge in [0.15, 0.2) is 5.12 Å². The summed E-state index contributed by atoms with van der Waals surface area (Å²) in [4.78, 5) is 49.6. The number of carbonyl (C=O) groups excluding carboxylic acids is 4. The van der Waals surface area contributed by atoms with E-state index in [4.69, 9.17) is 0 Å². The Hall–Kier alpha value is -0.140. The fourth-order valence-electron chi connectivity index (χ4n) is 2.91. The van der Waals surface area contributed by atoms with Gasteiger partial charge in [0.05, 0.1) is 17.8 Å². The van der Waals surface area contributed by atoms with Gasteiger partial charge >= 0.3 is 29.6 Å². The van der Waals surface area contributed by atoms with Crippen LogP contribution in [-0.4, -0.2) is 49.7 Å². The molecule has 7 nitrogen and oxygen atoms in total. The minimum atomic E-state index is -1.15. The zero-order chi connectivity index (χ0) is 20.0. The molecule has 28 heavy (non-hydrogen) atoms. The number of thiophene rings is 1. The summed E-state index contributed by atoms with van der Waals surface area (Å²) in [7, 11) is 0. The second kappa shape index (κ2) is 12.5. The van der Waals surface area contributed by atoms with Crippen molar-refractivity contribution in [3.63, 3.8) is 0 Å². The number of likely N-dealkylation sites (tertiary alicyclic amines) is 1. The number of hydrogen-bond donors (Lipinski definition) is 1. The van der Waals surface area contributed by atoms with Gasteiger partial charge in [-0.05, 0) is 30.7 Å². The van der Waals surface area contributed by atoms with Crippen molar-refractivity contribution in [2.75, 3.05) is 4.43 Å². The van der Waals surface area contributed by atoms with Crippen molar-refractivity contribution in [3.8, 4) is 0 Å². The van der Waals surface area contributed by atoms with Crippen molar-refractivity contribution >= 4 is 68.6 Å². The first-order valence-corrected chi connectivity index (χ1v) is 11.7. The summed E-state index contributed by atoms with van der Waals surface area (Å²) < 4.78 is 0.600. The van der Waals surface area contributed by atoms with Crippen LogP contribution in [-0.2, 0) is 25.6 Å². The fourth-order valence-corrected chi connectivity index (χ4v) is 5.59. The van der Waals surface area contributed by atoms with Crippen LogP contribution in [0, 0.1) is 0 Å². The number of amides is 2. The first-order chi connectivity index (χ1) is 12.8. The summed E-state index contributed by atoms with van der Waals surface area (Å²) in [5, 5.41) is 14.7. The van der Waals surface area contributed by atoms with Gasteiger partial charge in [-0.25, -0.2) is 0 Å². The Morgan fingerprint density at radius 3 is 2.68 bits per heavy atom. The molecule has 11 heteroatoms. The number of carboxylic acid groups (broad SMARTS) is 1. The Morgan fingerprint density at radius 1 is 1.43 bits per heavy atom. The van der Waals surface area contributed by atoms with Crippen molar-refractivity contribution in [1.29, 1.82) is 0 Å². The molecule has 3 atom stereocenters. The number of aliphatic carboxylic acids is 1. The first-order valence-electron chi connectivity index (χ1n) is 8.40. The predicted molar refractivity (Wildman–Crippen MR) is 110 cm³/mol. The van der Waals surface area contributed by atoms with E-state index in [1.807, 2.05) is 17.5 Å². The smallest absolute Gasteiger partial charge is 0.550 e. The zero-order valence-corrected chi connectivity index (χ0v) is 21.5. The van der Waals surface area contributed by atoms with E-state index in [9.17, 15) is 24.3 Å². The van der Waals surface area contributed by atoms with Gasteiger partial charge in [-0.3, -0.25) is 14.4 Å². The molecule has 1 aromatic rings. The molecule has 148 valence electrons. The standard InChI is InChI=1S/C17H21IN2O5S2.Na/c1-10(21)27-14(5-2-6-15(23)24)20-12(9-18)16(17(20)25)19-13(22)8-11-4-3-7-26-11;/h3-4,7,12,14,16H,2,5-6,8-9H2,1H3,(H,19,22)(H,23,24);/q;+1/p-1/t12-,14?,16+;/m1./s1. The van der Waals surface area contributed by atoms with Gasteiger partial charge < -0.3 is 20.1 Å². The van der Waals surface area contributed by atoms with E-state index < -0.39 is 17.4 Å². The molecule has 1 fully saturated rings. The van der Waals surface area contributed by atoms with Gasteiger partial charge in [0, 0.05) is 22.2 Å². The monoisotopic (exact) mass is 546 g/mol. The molecule has 2 amide bonds. The number of β-lactam (4-membered cyclic amide) rings is 1. The third-order valence-electron chi connectivity index (χ3n) is 4.10. The van der Waals surface area contributed by atoms with E-state index in [2.05, 4.69) is 27.9 Å². The van der Waals surface area contributed by atoms with Crippen LogP contribution in [0.15, 0.2) is 17.5 Å². The maximum atomic E-state index is 12.6. The van der Waals surface area contributed by atoms with E-state index in [0.717, 1.165) is 16.6 Å². The molecule has 0 radical (unpaired) electrons. The third kappa shape index (κ3) is 7.28. The van der Waals surface area contributed by atoms with E-state index in [-0.39, 0.29) is 65.4 Å². The van der Waals surface area contributed by atoms with Crippen LogP contribution in [0.2, 0.25) is 0 Å². The number of alkyl halides is 1. The summed E-state index contributed by atoms with van der Waals surface area (Å²) >= 11 is 4.65. The Balaban J connectivity index is 0.00000392. The van der Waals surface area contributed by atoms with Crippen LogP contribution in [0.5, 0.6) is 0 Å². The Morgan fingerprint density at radius 2 is 2.14 bits per heavy atom. The van der Waals surface area contributed by atoms with Crippen LogP contribution in [0.25, 0.3) is 0 Å². The molecule has 1 saturated heterocycles. The van der Waals surface area contributed by atoms with Gasteiger partial charge in [-0.1, -0.05) is 40.4 Å². The SMILES string of the molecule is CC(=O)SC(CCCC(=O)[O-])N1C(=O)[C@@H](NC(=O)Cc2cccs2)[C@H]1CI.[Na+]. The second-order valence-corrected chi connectivity index (χ2v) is 9.36. The van der Waals surface area contributed by atoms with E-state index in [0.29, 0.717) is 17.3 Å². The molecule has 1 N–H and O–H groups in total. The number of rotatable bonds is 10. The topological polar surface area (TPSA) is 107 Å². The van der Waals surface area contributed by atoms with Crippen LogP contribution in [0.4, 0.5) is 0 Å². The third-order valence-corrected chi connectivity index (χ3v) is 6.94. The second-order valence-electron chi connectivity index (χ2n) is 6.10.